The Morgan fingerprint density at radius 3 is 2.80 bits per heavy atom. The zero-order chi connectivity index (χ0) is 11.3. The highest BCUT2D eigenvalue weighted by molar-refractivity contribution is 5.79. The normalized spacial score (nSPS) is 27.7. The van der Waals surface area contributed by atoms with Gasteiger partial charge in [0, 0.05) is 24.6 Å². The molecule has 0 spiro atoms. The van der Waals surface area contributed by atoms with Crippen molar-refractivity contribution in [3.63, 3.8) is 0 Å². The van der Waals surface area contributed by atoms with Crippen LogP contribution in [0.5, 0.6) is 0 Å². The van der Waals surface area contributed by atoms with Crippen molar-refractivity contribution in [1.29, 1.82) is 0 Å². The molecule has 15 heavy (non-hydrogen) atoms. The second kappa shape index (κ2) is 6.08. The predicted molar refractivity (Wildman–Crippen MR) is 59.2 cm³/mol. The summed E-state index contributed by atoms with van der Waals surface area (Å²) in [6.45, 7) is 2.14. The molecule has 4 nitrogen and oxygen atoms in total. The highest BCUT2D eigenvalue weighted by atomic mass is 16.3. The van der Waals surface area contributed by atoms with Crippen molar-refractivity contribution in [3.05, 3.63) is 0 Å². The molecule has 4 heteroatoms. The lowest BCUT2D eigenvalue weighted by atomic mass is 10.1. The fourth-order valence-electron chi connectivity index (χ4n) is 2.11. The van der Waals surface area contributed by atoms with Gasteiger partial charge in [-0.1, -0.05) is 6.92 Å². The minimum atomic E-state index is 0.0905. The van der Waals surface area contributed by atoms with Crippen LogP contribution in [0.3, 0.4) is 0 Å². The molecule has 1 fully saturated rings. The van der Waals surface area contributed by atoms with Gasteiger partial charge in [0.05, 0.1) is 0 Å². The predicted octanol–water partition coefficient (Wildman–Crippen LogP) is 0.391. The third kappa shape index (κ3) is 3.80. The number of amides is 1. The second-order valence-electron chi connectivity index (χ2n) is 4.40. The van der Waals surface area contributed by atoms with Crippen molar-refractivity contribution < 1.29 is 9.90 Å². The molecule has 1 aliphatic carbocycles. The standard InChI is InChI=1S/C11H22N2O2/c1-2-10(5-6-14)13-11(15)8-3-4-9(12)7-8/h8-10,14H,2-7,12H2,1H3,(H,13,15). The third-order valence-corrected chi connectivity index (χ3v) is 3.16. The lowest BCUT2D eigenvalue weighted by Gasteiger charge is -2.18. The average Bonchev–Trinajstić information content (AvgIpc) is 2.64. The Labute approximate surface area is 91.2 Å². The maximum Gasteiger partial charge on any atom is 0.223 e. The summed E-state index contributed by atoms with van der Waals surface area (Å²) in [5.74, 6) is 0.205. The van der Waals surface area contributed by atoms with E-state index in [1.54, 1.807) is 0 Å². The number of hydrogen-bond donors (Lipinski definition) is 3. The third-order valence-electron chi connectivity index (χ3n) is 3.16. The molecular formula is C11H22N2O2. The van der Waals surface area contributed by atoms with E-state index in [1.165, 1.54) is 0 Å². The summed E-state index contributed by atoms with van der Waals surface area (Å²) in [5, 5.41) is 11.8. The number of aliphatic hydroxyl groups is 1. The van der Waals surface area contributed by atoms with Gasteiger partial charge in [0.1, 0.15) is 0 Å². The van der Waals surface area contributed by atoms with Crippen molar-refractivity contribution in [2.75, 3.05) is 6.61 Å². The van der Waals surface area contributed by atoms with Crippen LogP contribution >= 0.6 is 0 Å². The first kappa shape index (κ1) is 12.5. The van der Waals surface area contributed by atoms with E-state index in [-0.39, 0.29) is 30.5 Å². The molecule has 88 valence electrons. The van der Waals surface area contributed by atoms with E-state index in [2.05, 4.69) is 5.32 Å². The molecule has 0 aliphatic heterocycles. The van der Waals surface area contributed by atoms with Crippen LogP contribution in [0.4, 0.5) is 0 Å². The van der Waals surface area contributed by atoms with Crippen molar-refractivity contribution >= 4 is 5.91 Å². The summed E-state index contributed by atoms with van der Waals surface area (Å²) in [4.78, 5) is 11.8. The molecule has 3 atom stereocenters. The quantitative estimate of drug-likeness (QED) is 0.619. The van der Waals surface area contributed by atoms with Crippen LogP contribution in [0, 0.1) is 5.92 Å². The van der Waals surface area contributed by atoms with Gasteiger partial charge in [-0.05, 0) is 32.1 Å². The van der Waals surface area contributed by atoms with Gasteiger partial charge >= 0.3 is 0 Å². The van der Waals surface area contributed by atoms with E-state index < -0.39 is 0 Å². The first-order valence-electron chi connectivity index (χ1n) is 5.84. The molecule has 0 aromatic heterocycles. The Kier molecular flexibility index (Phi) is 5.05. The zero-order valence-corrected chi connectivity index (χ0v) is 9.41. The van der Waals surface area contributed by atoms with E-state index in [9.17, 15) is 4.79 Å². The summed E-state index contributed by atoms with van der Waals surface area (Å²) >= 11 is 0. The number of nitrogens with two attached hydrogens (primary N) is 1. The van der Waals surface area contributed by atoms with Crippen LogP contribution < -0.4 is 11.1 Å². The Morgan fingerprint density at radius 2 is 2.33 bits per heavy atom. The van der Waals surface area contributed by atoms with Crippen molar-refractivity contribution in [2.24, 2.45) is 11.7 Å². The van der Waals surface area contributed by atoms with Crippen molar-refractivity contribution in [1.82, 2.24) is 5.32 Å². The maximum atomic E-state index is 11.8. The highest BCUT2D eigenvalue weighted by Crippen LogP contribution is 2.24. The maximum absolute atomic E-state index is 11.8. The monoisotopic (exact) mass is 214 g/mol. The number of hydrogen-bond acceptors (Lipinski definition) is 3. The first-order valence-corrected chi connectivity index (χ1v) is 5.84. The van der Waals surface area contributed by atoms with Gasteiger partial charge in [0.15, 0.2) is 0 Å². The molecule has 1 aliphatic rings. The van der Waals surface area contributed by atoms with Gasteiger partial charge in [0.25, 0.3) is 0 Å². The zero-order valence-electron chi connectivity index (χ0n) is 9.41. The van der Waals surface area contributed by atoms with Crippen LogP contribution in [-0.4, -0.2) is 29.7 Å². The molecule has 0 radical (unpaired) electrons. The SMILES string of the molecule is CCC(CCO)NC(=O)C1CCC(N)C1. The minimum absolute atomic E-state index is 0.0905. The minimum Gasteiger partial charge on any atom is -0.396 e. The Morgan fingerprint density at radius 1 is 1.60 bits per heavy atom. The van der Waals surface area contributed by atoms with Crippen LogP contribution in [-0.2, 0) is 4.79 Å². The van der Waals surface area contributed by atoms with Gasteiger partial charge in [-0.2, -0.15) is 0 Å². The molecule has 0 bridgehead atoms. The lowest BCUT2D eigenvalue weighted by molar-refractivity contribution is -0.125. The molecule has 3 unspecified atom stereocenters. The fourth-order valence-corrected chi connectivity index (χ4v) is 2.11. The number of nitrogens with one attached hydrogen (secondary N) is 1. The Hall–Kier alpha value is -0.610. The van der Waals surface area contributed by atoms with Crippen molar-refractivity contribution in [2.45, 2.75) is 51.1 Å². The number of carbonyl (C=O) groups is 1. The van der Waals surface area contributed by atoms with Crippen LogP contribution in [0.2, 0.25) is 0 Å². The summed E-state index contributed by atoms with van der Waals surface area (Å²) in [6.07, 6.45) is 4.17. The van der Waals surface area contributed by atoms with Crippen LogP contribution in [0.15, 0.2) is 0 Å². The molecule has 4 N–H and O–H groups in total. The molecule has 0 aromatic carbocycles. The largest absolute Gasteiger partial charge is 0.396 e. The van der Waals surface area contributed by atoms with E-state index >= 15 is 0 Å². The van der Waals surface area contributed by atoms with E-state index in [1.807, 2.05) is 6.92 Å². The number of carbonyl (C=O) groups excluding carboxylic acids is 1. The van der Waals surface area contributed by atoms with Gasteiger partial charge in [-0.3, -0.25) is 4.79 Å². The molecule has 0 saturated heterocycles. The van der Waals surface area contributed by atoms with Crippen molar-refractivity contribution in [3.8, 4) is 0 Å². The lowest BCUT2D eigenvalue weighted by Crippen LogP contribution is -2.38. The molecule has 0 heterocycles. The summed E-state index contributed by atoms with van der Waals surface area (Å²) in [7, 11) is 0. The van der Waals surface area contributed by atoms with Gasteiger partial charge < -0.3 is 16.2 Å². The van der Waals surface area contributed by atoms with Crippen LogP contribution in [0.1, 0.15) is 39.0 Å². The van der Waals surface area contributed by atoms with E-state index in [0.717, 1.165) is 25.7 Å². The van der Waals surface area contributed by atoms with Gasteiger partial charge in [-0.25, -0.2) is 0 Å². The smallest absolute Gasteiger partial charge is 0.223 e. The fraction of sp³-hybridized carbons (Fsp3) is 0.909. The number of aliphatic hydroxyl groups excluding tert-OH is 1. The molecule has 1 amide bonds. The topological polar surface area (TPSA) is 75.3 Å². The van der Waals surface area contributed by atoms with Crippen LogP contribution in [0.25, 0.3) is 0 Å². The Bertz CT molecular complexity index is 209. The molecule has 1 rings (SSSR count). The van der Waals surface area contributed by atoms with E-state index in [0.29, 0.717) is 6.42 Å². The van der Waals surface area contributed by atoms with E-state index in [4.69, 9.17) is 10.8 Å². The second-order valence-corrected chi connectivity index (χ2v) is 4.40. The van der Waals surface area contributed by atoms with Gasteiger partial charge in [0.2, 0.25) is 5.91 Å². The molecular weight excluding hydrogens is 192 g/mol. The molecule has 0 aromatic rings. The number of rotatable bonds is 5. The average molecular weight is 214 g/mol. The summed E-state index contributed by atoms with van der Waals surface area (Å²) in [6, 6.07) is 0.304. The highest BCUT2D eigenvalue weighted by Gasteiger charge is 2.28. The summed E-state index contributed by atoms with van der Waals surface area (Å²) < 4.78 is 0. The molecule has 1 saturated carbocycles. The summed E-state index contributed by atoms with van der Waals surface area (Å²) in [5.41, 5.74) is 5.76. The Balaban J connectivity index is 2.33. The van der Waals surface area contributed by atoms with Gasteiger partial charge in [-0.15, -0.1) is 0 Å². The first-order chi connectivity index (χ1) is 7.17.